The van der Waals surface area contributed by atoms with Crippen LogP contribution in [0, 0.1) is 17.2 Å². The van der Waals surface area contributed by atoms with Gasteiger partial charge in [0.15, 0.2) is 0 Å². The summed E-state index contributed by atoms with van der Waals surface area (Å²) in [6, 6.07) is 10.1. The van der Waals surface area contributed by atoms with Crippen LogP contribution in [0.25, 0.3) is 0 Å². The van der Waals surface area contributed by atoms with E-state index in [1.807, 2.05) is 24.3 Å². The van der Waals surface area contributed by atoms with E-state index in [9.17, 15) is 5.26 Å². The van der Waals surface area contributed by atoms with Crippen LogP contribution in [-0.2, 0) is 4.74 Å². The second-order valence-corrected chi connectivity index (χ2v) is 5.12. The van der Waals surface area contributed by atoms with Crippen LogP contribution in [0.3, 0.4) is 0 Å². The lowest BCUT2D eigenvalue weighted by atomic mass is 9.92. The fourth-order valence-electron chi connectivity index (χ4n) is 2.03. The number of hydrogen-bond acceptors (Lipinski definition) is 3. The molecule has 1 fully saturated rings. The van der Waals surface area contributed by atoms with Gasteiger partial charge in [0.05, 0.1) is 6.07 Å². The van der Waals surface area contributed by atoms with Crippen LogP contribution in [0.15, 0.2) is 28.7 Å². The fraction of sp³-hybridized carbons (Fsp3) is 0.462. The average Bonchev–Trinajstić information content (AvgIpc) is 2.39. The van der Waals surface area contributed by atoms with Gasteiger partial charge >= 0.3 is 0 Å². The summed E-state index contributed by atoms with van der Waals surface area (Å²) in [4.78, 5) is 0. The molecule has 1 aliphatic heterocycles. The first kappa shape index (κ1) is 12.4. The predicted octanol–water partition coefficient (Wildman–Crippen LogP) is 3.18. The molecular weight excluding hydrogens is 280 g/mol. The van der Waals surface area contributed by atoms with Crippen LogP contribution in [0.2, 0.25) is 0 Å². The van der Waals surface area contributed by atoms with E-state index in [1.54, 1.807) is 0 Å². The Bertz CT molecular complexity index is 393. The molecule has 0 spiro atoms. The van der Waals surface area contributed by atoms with Crippen LogP contribution in [0.5, 0.6) is 0 Å². The van der Waals surface area contributed by atoms with Gasteiger partial charge in [-0.3, -0.25) is 0 Å². The zero-order chi connectivity index (χ0) is 12.1. The molecule has 3 nitrogen and oxygen atoms in total. The molecule has 2 rings (SSSR count). The molecule has 0 aromatic heterocycles. The van der Waals surface area contributed by atoms with Gasteiger partial charge in [-0.05, 0) is 43.0 Å². The van der Waals surface area contributed by atoms with E-state index in [1.165, 1.54) is 0 Å². The average molecular weight is 295 g/mol. The number of halogens is 1. The van der Waals surface area contributed by atoms with Gasteiger partial charge in [0.1, 0.15) is 6.04 Å². The molecule has 1 aromatic rings. The molecule has 0 saturated carbocycles. The highest BCUT2D eigenvalue weighted by Gasteiger charge is 2.23. The van der Waals surface area contributed by atoms with E-state index in [0.717, 1.165) is 36.2 Å². The molecule has 1 atom stereocenters. The van der Waals surface area contributed by atoms with Gasteiger partial charge in [0.2, 0.25) is 0 Å². The molecule has 1 unspecified atom stereocenters. The van der Waals surface area contributed by atoms with Crippen LogP contribution in [0.1, 0.15) is 12.8 Å². The Morgan fingerprint density at radius 3 is 2.53 bits per heavy atom. The SMILES string of the molecule is N#CC(Nc1ccc(Br)cc1)C1CCOCC1. The third kappa shape index (κ3) is 3.45. The van der Waals surface area contributed by atoms with Crippen molar-refractivity contribution in [2.75, 3.05) is 18.5 Å². The van der Waals surface area contributed by atoms with Crippen LogP contribution in [0.4, 0.5) is 5.69 Å². The number of ether oxygens (including phenoxy) is 1. The van der Waals surface area contributed by atoms with E-state index in [0.29, 0.717) is 5.92 Å². The number of nitrogens with one attached hydrogen (secondary N) is 1. The molecule has 0 bridgehead atoms. The summed E-state index contributed by atoms with van der Waals surface area (Å²) in [5.74, 6) is 0.386. The van der Waals surface area contributed by atoms with Gasteiger partial charge in [-0.15, -0.1) is 0 Å². The van der Waals surface area contributed by atoms with Gasteiger partial charge in [0.25, 0.3) is 0 Å². The van der Waals surface area contributed by atoms with Crippen molar-refractivity contribution in [3.8, 4) is 6.07 Å². The second-order valence-electron chi connectivity index (χ2n) is 4.21. The van der Waals surface area contributed by atoms with Gasteiger partial charge < -0.3 is 10.1 Å². The topological polar surface area (TPSA) is 45.0 Å². The first-order chi connectivity index (χ1) is 8.29. The van der Waals surface area contributed by atoms with Crippen molar-refractivity contribution >= 4 is 21.6 Å². The molecule has 1 saturated heterocycles. The number of benzene rings is 1. The summed E-state index contributed by atoms with van der Waals surface area (Å²) in [5.41, 5.74) is 0.992. The minimum Gasteiger partial charge on any atom is -0.381 e. The van der Waals surface area contributed by atoms with Crippen LogP contribution < -0.4 is 5.32 Å². The third-order valence-electron chi connectivity index (χ3n) is 3.04. The summed E-state index contributed by atoms with van der Waals surface area (Å²) in [5, 5.41) is 12.5. The molecule has 90 valence electrons. The Morgan fingerprint density at radius 2 is 1.94 bits per heavy atom. The molecule has 1 aliphatic rings. The maximum absolute atomic E-state index is 9.23. The van der Waals surface area contributed by atoms with Crippen LogP contribution >= 0.6 is 15.9 Å². The first-order valence-electron chi connectivity index (χ1n) is 5.79. The highest BCUT2D eigenvalue weighted by Crippen LogP contribution is 2.22. The van der Waals surface area contributed by atoms with E-state index in [2.05, 4.69) is 27.3 Å². The highest BCUT2D eigenvalue weighted by molar-refractivity contribution is 9.10. The summed E-state index contributed by atoms with van der Waals surface area (Å²) in [7, 11) is 0. The van der Waals surface area contributed by atoms with Crippen LogP contribution in [-0.4, -0.2) is 19.3 Å². The van der Waals surface area contributed by atoms with Gasteiger partial charge in [0, 0.05) is 23.4 Å². The number of rotatable bonds is 3. The number of anilines is 1. The van der Waals surface area contributed by atoms with Crippen molar-refractivity contribution < 1.29 is 4.74 Å². The molecule has 1 N–H and O–H groups in total. The number of hydrogen-bond donors (Lipinski definition) is 1. The Kier molecular flexibility index (Phi) is 4.41. The third-order valence-corrected chi connectivity index (χ3v) is 3.57. The monoisotopic (exact) mass is 294 g/mol. The van der Waals surface area contributed by atoms with Crippen molar-refractivity contribution in [1.29, 1.82) is 5.26 Å². The standard InChI is InChI=1S/C13H15BrN2O/c14-11-1-3-12(4-2-11)16-13(9-15)10-5-7-17-8-6-10/h1-4,10,13,16H,5-8H2. The largest absolute Gasteiger partial charge is 0.381 e. The van der Waals surface area contributed by atoms with E-state index >= 15 is 0 Å². The predicted molar refractivity (Wildman–Crippen MR) is 70.7 cm³/mol. The summed E-state index contributed by atoms with van der Waals surface area (Å²) >= 11 is 3.40. The molecule has 1 aromatic carbocycles. The molecule has 0 radical (unpaired) electrons. The van der Waals surface area contributed by atoms with E-state index in [-0.39, 0.29) is 6.04 Å². The Hall–Kier alpha value is -1.05. The van der Waals surface area contributed by atoms with Crippen molar-refractivity contribution in [3.63, 3.8) is 0 Å². The number of nitrogens with zero attached hydrogens (tertiary/aromatic N) is 1. The highest BCUT2D eigenvalue weighted by atomic mass is 79.9. The van der Waals surface area contributed by atoms with E-state index in [4.69, 9.17) is 4.74 Å². The van der Waals surface area contributed by atoms with Gasteiger partial charge in [-0.1, -0.05) is 15.9 Å². The van der Waals surface area contributed by atoms with Crippen molar-refractivity contribution in [3.05, 3.63) is 28.7 Å². The molecular formula is C13H15BrN2O. The normalized spacial score (nSPS) is 18.4. The summed E-state index contributed by atoms with van der Waals surface area (Å²) in [6.45, 7) is 1.54. The molecule has 4 heteroatoms. The molecule has 0 amide bonds. The van der Waals surface area contributed by atoms with E-state index < -0.39 is 0 Å². The smallest absolute Gasteiger partial charge is 0.117 e. The zero-order valence-electron chi connectivity index (χ0n) is 9.53. The van der Waals surface area contributed by atoms with Crippen molar-refractivity contribution in [2.45, 2.75) is 18.9 Å². The lowest BCUT2D eigenvalue weighted by Crippen LogP contribution is -2.32. The quantitative estimate of drug-likeness (QED) is 0.931. The number of nitriles is 1. The van der Waals surface area contributed by atoms with Gasteiger partial charge in [-0.25, -0.2) is 0 Å². The van der Waals surface area contributed by atoms with Crippen molar-refractivity contribution in [1.82, 2.24) is 0 Å². The lowest BCUT2D eigenvalue weighted by molar-refractivity contribution is 0.0651. The maximum atomic E-state index is 9.23. The second kappa shape index (κ2) is 6.04. The van der Waals surface area contributed by atoms with Crippen molar-refractivity contribution in [2.24, 2.45) is 5.92 Å². The minimum absolute atomic E-state index is 0.125. The zero-order valence-corrected chi connectivity index (χ0v) is 11.1. The minimum atomic E-state index is -0.125. The Balaban J connectivity index is 1.99. The van der Waals surface area contributed by atoms with Gasteiger partial charge in [-0.2, -0.15) is 5.26 Å². The molecule has 17 heavy (non-hydrogen) atoms. The first-order valence-corrected chi connectivity index (χ1v) is 6.58. The summed E-state index contributed by atoms with van der Waals surface area (Å²) in [6.07, 6.45) is 1.92. The summed E-state index contributed by atoms with van der Waals surface area (Å²) < 4.78 is 6.36. The Morgan fingerprint density at radius 1 is 1.29 bits per heavy atom. The maximum Gasteiger partial charge on any atom is 0.117 e. The fourth-order valence-corrected chi connectivity index (χ4v) is 2.29. The molecule has 0 aliphatic carbocycles. The molecule has 1 heterocycles. The lowest BCUT2D eigenvalue weighted by Gasteiger charge is -2.27. The Labute approximate surface area is 110 Å².